The molecule has 0 saturated heterocycles. The number of fused-ring (bicyclic) bond motifs is 1. The van der Waals surface area contributed by atoms with Crippen molar-refractivity contribution in [2.45, 2.75) is 19.9 Å². The maximum absolute atomic E-state index is 11.6. The lowest BCUT2D eigenvalue weighted by molar-refractivity contribution is 0.0696. The normalized spacial score (nSPS) is 10.7. The summed E-state index contributed by atoms with van der Waals surface area (Å²) in [6.07, 6.45) is 1.83. The standard InChI is InChI=1S/C11H11N3O4/c1-2-3-14-8-7(9(15)13-11(14)18)4-6(5-12-8)10(16)17/h4-5H,2-3H2,1H3,(H,16,17)(H,13,15,18). The second-order valence-electron chi connectivity index (χ2n) is 3.81. The van der Waals surface area contributed by atoms with Crippen molar-refractivity contribution in [3.63, 3.8) is 0 Å². The summed E-state index contributed by atoms with van der Waals surface area (Å²) in [4.78, 5) is 40.1. The lowest BCUT2D eigenvalue weighted by Gasteiger charge is -2.07. The molecule has 0 amide bonds. The molecule has 2 aromatic heterocycles. The van der Waals surface area contributed by atoms with E-state index in [4.69, 9.17) is 5.11 Å². The second-order valence-corrected chi connectivity index (χ2v) is 3.81. The van der Waals surface area contributed by atoms with Crippen molar-refractivity contribution < 1.29 is 9.90 Å². The van der Waals surface area contributed by atoms with Crippen molar-refractivity contribution in [1.29, 1.82) is 0 Å². The SMILES string of the molecule is CCCn1c(=O)[nH]c(=O)c2cc(C(=O)O)cnc21. The van der Waals surface area contributed by atoms with Crippen LogP contribution in [0.5, 0.6) is 0 Å². The highest BCUT2D eigenvalue weighted by atomic mass is 16.4. The van der Waals surface area contributed by atoms with E-state index in [-0.39, 0.29) is 16.6 Å². The van der Waals surface area contributed by atoms with Crippen molar-refractivity contribution in [2.75, 3.05) is 0 Å². The molecule has 2 heterocycles. The first-order valence-electron chi connectivity index (χ1n) is 5.40. The molecule has 0 unspecified atom stereocenters. The average molecular weight is 249 g/mol. The number of aryl methyl sites for hydroxylation is 1. The Labute approximate surface area is 101 Å². The molecule has 0 aromatic carbocycles. The van der Waals surface area contributed by atoms with E-state index in [1.165, 1.54) is 10.6 Å². The van der Waals surface area contributed by atoms with Crippen LogP contribution in [0.15, 0.2) is 21.9 Å². The van der Waals surface area contributed by atoms with Crippen LogP contribution in [0.3, 0.4) is 0 Å². The number of carbonyl (C=O) groups is 1. The van der Waals surface area contributed by atoms with Gasteiger partial charge in [-0.1, -0.05) is 6.92 Å². The molecule has 0 aliphatic rings. The zero-order valence-corrected chi connectivity index (χ0v) is 9.64. The number of hydrogen-bond donors (Lipinski definition) is 2. The fourth-order valence-electron chi connectivity index (χ4n) is 1.72. The number of aromatic amines is 1. The molecule has 0 aliphatic heterocycles. The minimum absolute atomic E-state index is 0.0882. The molecular formula is C11H11N3O4. The van der Waals surface area contributed by atoms with E-state index in [2.05, 4.69) is 9.97 Å². The molecule has 2 aromatic rings. The van der Waals surface area contributed by atoms with Gasteiger partial charge >= 0.3 is 11.7 Å². The molecule has 0 fully saturated rings. The fourth-order valence-corrected chi connectivity index (χ4v) is 1.72. The van der Waals surface area contributed by atoms with Crippen LogP contribution in [0, 0.1) is 0 Å². The lowest BCUT2D eigenvalue weighted by atomic mass is 10.2. The van der Waals surface area contributed by atoms with Crippen molar-refractivity contribution >= 4 is 17.0 Å². The minimum Gasteiger partial charge on any atom is -0.478 e. The maximum atomic E-state index is 11.6. The Hall–Kier alpha value is -2.44. The third-order valence-corrected chi connectivity index (χ3v) is 2.53. The molecule has 18 heavy (non-hydrogen) atoms. The molecule has 94 valence electrons. The maximum Gasteiger partial charge on any atom is 0.337 e. The number of carboxylic acids is 1. The fraction of sp³-hybridized carbons (Fsp3) is 0.273. The summed E-state index contributed by atoms with van der Waals surface area (Å²) in [5, 5.41) is 8.94. The molecule has 7 heteroatoms. The number of aromatic nitrogens is 3. The first-order valence-corrected chi connectivity index (χ1v) is 5.40. The van der Waals surface area contributed by atoms with Crippen molar-refractivity contribution in [2.24, 2.45) is 0 Å². The number of nitrogens with zero attached hydrogens (tertiary/aromatic N) is 2. The summed E-state index contributed by atoms with van der Waals surface area (Å²) in [7, 11) is 0. The third-order valence-electron chi connectivity index (χ3n) is 2.53. The van der Waals surface area contributed by atoms with Gasteiger partial charge in [0.1, 0.15) is 5.65 Å². The van der Waals surface area contributed by atoms with Gasteiger partial charge in [-0.2, -0.15) is 0 Å². The predicted molar refractivity (Wildman–Crippen MR) is 63.9 cm³/mol. The van der Waals surface area contributed by atoms with E-state index in [1.54, 1.807) is 0 Å². The Kier molecular flexibility index (Phi) is 2.97. The number of rotatable bonds is 3. The molecule has 0 bridgehead atoms. The van der Waals surface area contributed by atoms with Gasteiger partial charge in [0.15, 0.2) is 0 Å². The predicted octanol–water partition coefficient (Wildman–Crippen LogP) is 0.193. The monoisotopic (exact) mass is 249 g/mol. The van der Waals surface area contributed by atoms with Gasteiger partial charge in [0.25, 0.3) is 5.56 Å². The van der Waals surface area contributed by atoms with Crippen LogP contribution < -0.4 is 11.2 Å². The van der Waals surface area contributed by atoms with Gasteiger partial charge < -0.3 is 5.11 Å². The number of pyridine rings is 1. The molecule has 7 nitrogen and oxygen atoms in total. The van der Waals surface area contributed by atoms with Gasteiger partial charge in [0.05, 0.1) is 10.9 Å². The topological polar surface area (TPSA) is 105 Å². The summed E-state index contributed by atoms with van der Waals surface area (Å²) < 4.78 is 1.32. The van der Waals surface area contributed by atoms with E-state index in [1.807, 2.05) is 6.92 Å². The number of aromatic carboxylic acids is 1. The first-order chi connectivity index (χ1) is 8.54. The first kappa shape index (κ1) is 12.0. The summed E-state index contributed by atoms with van der Waals surface area (Å²) in [5.74, 6) is -1.17. The van der Waals surface area contributed by atoms with Crippen LogP contribution in [0.1, 0.15) is 23.7 Å². The smallest absolute Gasteiger partial charge is 0.337 e. The number of carboxylic acid groups (broad SMARTS) is 1. The highest BCUT2D eigenvalue weighted by Gasteiger charge is 2.11. The molecule has 2 N–H and O–H groups in total. The van der Waals surface area contributed by atoms with Crippen molar-refractivity contribution in [3.05, 3.63) is 38.7 Å². The van der Waals surface area contributed by atoms with Crippen molar-refractivity contribution in [1.82, 2.24) is 14.5 Å². The Bertz CT molecular complexity index is 729. The van der Waals surface area contributed by atoms with Gasteiger partial charge in [-0.3, -0.25) is 14.3 Å². The van der Waals surface area contributed by atoms with Gasteiger partial charge in [0.2, 0.25) is 0 Å². The second kappa shape index (κ2) is 4.44. The molecule has 0 atom stereocenters. The summed E-state index contributed by atoms with van der Waals surface area (Å²) >= 11 is 0. The van der Waals surface area contributed by atoms with E-state index in [9.17, 15) is 14.4 Å². The average Bonchev–Trinajstić information content (AvgIpc) is 2.33. The van der Waals surface area contributed by atoms with Gasteiger partial charge in [0, 0.05) is 12.7 Å². The van der Waals surface area contributed by atoms with Gasteiger partial charge in [-0.25, -0.2) is 14.6 Å². The summed E-state index contributed by atoms with van der Waals surface area (Å²) in [5.41, 5.74) is -1.05. The summed E-state index contributed by atoms with van der Waals surface area (Å²) in [6, 6.07) is 1.22. The molecule has 0 saturated carbocycles. The number of nitrogens with one attached hydrogen (secondary N) is 1. The largest absolute Gasteiger partial charge is 0.478 e. The van der Waals surface area contributed by atoms with Crippen LogP contribution in [0.4, 0.5) is 0 Å². The van der Waals surface area contributed by atoms with Crippen LogP contribution in [0.25, 0.3) is 11.0 Å². The highest BCUT2D eigenvalue weighted by Crippen LogP contribution is 2.08. The molecule has 0 radical (unpaired) electrons. The van der Waals surface area contributed by atoms with E-state index in [0.29, 0.717) is 13.0 Å². The van der Waals surface area contributed by atoms with Crippen molar-refractivity contribution in [3.8, 4) is 0 Å². The molecular weight excluding hydrogens is 238 g/mol. The Morgan fingerprint density at radius 3 is 2.83 bits per heavy atom. The lowest BCUT2D eigenvalue weighted by Crippen LogP contribution is -2.31. The van der Waals surface area contributed by atoms with Crippen LogP contribution >= 0.6 is 0 Å². The third kappa shape index (κ3) is 1.90. The molecule has 0 aliphatic carbocycles. The molecule has 2 rings (SSSR count). The van der Waals surface area contributed by atoms with E-state index in [0.717, 1.165) is 6.20 Å². The van der Waals surface area contributed by atoms with Crippen LogP contribution in [-0.4, -0.2) is 25.6 Å². The van der Waals surface area contributed by atoms with Crippen LogP contribution in [0.2, 0.25) is 0 Å². The quantitative estimate of drug-likeness (QED) is 0.808. The van der Waals surface area contributed by atoms with Gasteiger partial charge in [-0.15, -0.1) is 0 Å². The molecule has 0 spiro atoms. The van der Waals surface area contributed by atoms with Crippen LogP contribution in [-0.2, 0) is 6.54 Å². The number of H-pyrrole nitrogens is 1. The minimum atomic E-state index is -1.17. The highest BCUT2D eigenvalue weighted by molar-refractivity contribution is 5.91. The zero-order valence-electron chi connectivity index (χ0n) is 9.64. The Morgan fingerprint density at radius 1 is 1.50 bits per heavy atom. The zero-order chi connectivity index (χ0) is 13.3. The van der Waals surface area contributed by atoms with E-state index >= 15 is 0 Å². The Balaban J connectivity index is 2.85. The Morgan fingerprint density at radius 2 is 2.22 bits per heavy atom. The summed E-state index contributed by atoms with van der Waals surface area (Å²) in [6.45, 7) is 2.29. The number of hydrogen-bond acceptors (Lipinski definition) is 4. The van der Waals surface area contributed by atoms with E-state index < -0.39 is 17.2 Å². The van der Waals surface area contributed by atoms with Gasteiger partial charge in [-0.05, 0) is 12.5 Å².